The zero-order valence-electron chi connectivity index (χ0n) is 12.1. The summed E-state index contributed by atoms with van der Waals surface area (Å²) in [6.45, 7) is 3.02. The Morgan fingerprint density at radius 3 is 2.82 bits per heavy atom. The molecule has 0 aliphatic carbocycles. The molecule has 0 saturated carbocycles. The van der Waals surface area contributed by atoms with Crippen molar-refractivity contribution in [1.82, 2.24) is 10.2 Å². The first-order valence-corrected chi connectivity index (χ1v) is 8.71. The lowest BCUT2D eigenvalue weighted by atomic mass is 10.0. The number of carbonyl (C=O) groups is 2. The molecule has 3 rings (SSSR count). The zero-order chi connectivity index (χ0) is 15.7. The van der Waals surface area contributed by atoms with Crippen LogP contribution in [0.2, 0.25) is 0 Å². The molecule has 1 N–H and O–H groups in total. The monoisotopic (exact) mass is 388 g/mol. The quantitative estimate of drug-likeness (QED) is 0.804. The molecule has 3 heterocycles. The molecule has 2 aliphatic heterocycles. The van der Waals surface area contributed by atoms with Crippen LogP contribution in [0.4, 0.5) is 4.79 Å². The van der Waals surface area contributed by atoms with Gasteiger partial charge in [0.25, 0.3) is 5.91 Å². The molecule has 2 aliphatic rings. The highest BCUT2D eigenvalue weighted by Crippen LogP contribution is 2.35. The molecule has 2 fully saturated rings. The molecule has 3 amide bonds. The minimum atomic E-state index is -1.02. The Kier molecular flexibility index (Phi) is 4.54. The fourth-order valence-corrected chi connectivity index (χ4v) is 4.07. The van der Waals surface area contributed by atoms with Gasteiger partial charge in [0.05, 0.1) is 9.89 Å². The first-order valence-electron chi connectivity index (χ1n) is 7.10. The van der Waals surface area contributed by atoms with E-state index in [0.717, 1.165) is 26.4 Å². The van der Waals surface area contributed by atoms with Gasteiger partial charge in [0, 0.05) is 18.1 Å². The van der Waals surface area contributed by atoms with Gasteiger partial charge in [-0.1, -0.05) is 0 Å². The molecule has 0 spiro atoms. The number of amides is 3. The van der Waals surface area contributed by atoms with E-state index in [9.17, 15) is 9.59 Å². The van der Waals surface area contributed by atoms with Crippen LogP contribution in [-0.4, -0.2) is 42.9 Å². The predicted molar refractivity (Wildman–Crippen MR) is 84.5 cm³/mol. The van der Waals surface area contributed by atoms with Crippen molar-refractivity contribution in [1.29, 1.82) is 0 Å². The molecule has 0 bridgehead atoms. The van der Waals surface area contributed by atoms with E-state index in [2.05, 4.69) is 21.2 Å². The number of thiophene rings is 1. The number of imide groups is 1. The van der Waals surface area contributed by atoms with E-state index in [1.807, 2.05) is 12.1 Å². The third kappa shape index (κ3) is 2.92. The Labute approximate surface area is 140 Å². The fraction of sp³-hybridized carbons (Fsp3) is 0.571. The fourth-order valence-electron chi connectivity index (χ4n) is 2.59. The van der Waals surface area contributed by atoms with E-state index in [0.29, 0.717) is 13.2 Å². The van der Waals surface area contributed by atoms with Crippen LogP contribution in [0.5, 0.6) is 0 Å². The molecule has 0 radical (unpaired) electrons. The third-order valence-electron chi connectivity index (χ3n) is 3.95. The summed E-state index contributed by atoms with van der Waals surface area (Å²) in [7, 11) is 0. The Morgan fingerprint density at radius 2 is 2.18 bits per heavy atom. The van der Waals surface area contributed by atoms with E-state index in [-0.39, 0.29) is 18.7 Å². The van der Waals surface area contributed by atoms with E-state index >= 15 is 0 Å². The van der Waals surface area contributed by atoms with Gasteiger partial charge in [-0.25, -0.2) is 9.69 Å². The number of urea groups is 1. The predicted octanol–water partition coefficient (Wildman–Crippen LogP) is 2.43. The summed E-state index contributed by atoms with van der Waals surface area (Å²) in [5, 5.41) is 2.77. The van der Waals surface area contributed by atoms with Crippen molar-refractivity contribution >= 4 is 39.2 Å². The Balaban J connectivity index is 1.68. The normalized spacial score (nSPS) is 26.5. The summed E-state index contributed by atoms with van der Waals surface area (Å²) in [5.74, 6) is -0.279. The smallest absolute Gasteiger partial charge is 0.327 e. The lowest BCUT2D eigenvalue weighted by Gasteiger charge is -2.25. The molecule has 0 aromatic carbocycles. The minimum absolute atomic E-state index is 0.0164. The highest BCUT2D eigenvalue weighted by molar-refractivity contribution is 9.11. The maximum Gasteiger partial charge on any atom is 0.327 e. The Morgan fingerprint density at radius 1 is 1.45 bits per heavy atom. The third-order valence-corrected chi connectivity index (χ3v) is 5.79. The number of carbonyl (C=O) groups excluding carboxylic acids is 2. The number of rotatable bonds is 4. The molecule has 1 unspecified atom stereocenters. The summed E-state index contributed by atoms with van der Waals surface area (Å²) < 4.78 is 11.9. The van der Waals surface area contributed by atoms with Crippen molar-refractivity contribution < 1.29 is 19.1 Å². The highest BCUT2D eigenvalue weighted by atomic mass is 79.9. The van der Waals surface area contributed by atoms with E-state index in [1.165, 1.54) is 11.3 Å². The lowest BCUT2D eigenvalue weighted by Crippen LogP contribution is -2.40. The highest BCUT2D eigenvalue weighted by Gasteiger charge is 2.50. The average molecular weight is 389 g/mol. The summed E-state index contributed by atoms with van der Waals surface area (Å²) in [6, 6.07) is 3.30. The van der Waals surface area contributed by atoms with Gasteiger partial charge in [0.1, 0.15) is 6.73 Å². The topological polar surface area (TPSA) is 67.9 Å². The van der Waals surface area contributed by atoms with Crippen molar-refractivity contribution in [2.75, 3.05) is 19.9 Å². The van der Waals surface area contributed by atoms with Crippen molar-refractivity contribution in [2.24, 2.45) is 0 Å². The van der Waals surface area contributed by atoms with Crippen LogP contribution in [0, 0.1) is 0 Å². The maximum atomic E-state index is 12.6. The lowest BCUT2D eigenvalue weighted by molar-refractivity contribution is -0.137. The molecule has 1 aromatic heterocycles. The number of nitrogens with zero attached hydrogens (tertiary/aromatic N) is 1. The van der Waals surface area contributed by atoms with E-state index < -0.39 is 11.6 Å². The number of nitrogens with one attached hydrogen (secondary N) is 1. The first-order chi connectivity index (χ1) is 10.5. The molecule has 6 nitrogen and oxygen atoms in total. The van der Waals surface area contributed by atoms with Crippen LogP contribution >= 0.6 is 27.3 Å². The van der Waals surface area contributed by atoms with Crippen LogP contribution in [0.25, 0.3) is 0 Å². The summed E-state index contributed by atoms with van der Waals surface area (Å²) in [6.07, 6.45) is 1.62. The van der Waals surface area contributed by atoms with Crippen LogP contribution < -0.4 is 5.32 Å². The van der Waals surface area contributed by atoms with Crippen molar-refractivity contribution in [2.45, 2.75) is 31.4 Å². The van der Waals surface area contributed by atoms with Gasteiger partial charge < -0.3 is 14.8 Å². The van der Waals surface area contributed by atoms with E-state index in [4.69, 9.17) is 9.47 Å². The average Bonchev–Trinajstić information content (AvgIpc) is 3.03. The number of hydrogen-bond acceptors (Lipinski definition) is 5. The molecule has 120 valence electrons. The van der Waals surface area contributed by atoms with Gasteiger partial charge >= 0.3 is 6.03 Å². The second-order valence-corrected chi connectivity index (χ2v) is 7.96. The van der Waals surface area contributed by atoms with Crippen LogP contribution in [-0.2, 0) is 19.8 Å². The molecule has 1 atom stereocenters. The second kappa shape index (κ2) is 6.27. The zero-order valence-corrected chi connectivity index (χ0v) is 14.5. The largest absolute Gasteiger partial charge is 0.381 e. The van der Waals surface area contributed by atoms with Crippen LogP contribution in [0.1, 0.15) is 24.6 Å². The number of hydrogen-bond donors (Lipinski definition) is 1. The van der Waals surface area contributed by atoms with E-state index in [1.54, 1.807) is 6.92 Å². The molecule has 8 heteroatoms. The molecule has 2 saturated heterocycles. The summed E-state index contributed by atoms with van der Waals surface area (Å²) in [5.41, 5.74) is -1.02. The summed E-state index contributed by atoms with van der Waals surface area (Å²) >= 11 is 4.82. The van der Waals surface area contributed by atoms with Gasteiger partial charge in [0.15, 0.2) is 5.54 Å². The van der Waals surface area contributed by atoms with Gasteiger partial charge in [-0.05, 0) is 47.8 Å². The standard InChI is InChI=1S/C14H17BrN2O4S/c1-14(10-2-3-11(15)22-10)12(18)17(13(19)16-14)8-21-9-4-6-20-7-5-9/h2-3,9H,4-8H2,1H3,(H,16,19). The van der Waals surface area contributed by atoms with Gasteiger partial charge in [-0.15, -0.1) is 11.3 Å². The summed E-state index contributed by atoms with van der Waals surface area (Å²) in [4.78, 5) is 26.7. The van der Waals surface area contributed by atoms with Gasteiger partial charge in [-0.2, -0.15) is 0 Å². The maximum absolute atomic E-state index is 12.6. The number of halogens is 1. The van der Waals surface area contributed by atoms with Crippen molar-refractivity contribution in [3.05, 3.63) is 20.8 Å². The minimum Gasteiger partial charge on any atom is -0.381 e. The van der Waals surface area contributed by atoms with Crippen LogP contribution in [0.3, 0.4) is 0 Å². The Bertz CT molecular complexity index is 587. The second-order valence-electron chi connectivity index (χ2n) is 5.50. The molecular formula is C14H17BrN2O4S. The molecule has 22 heavy (non-hydrogen) atoms. The van der Waals surface area contributed by atoms with Crippen molar-refractivity contribution in [3.63, 3.8) is 0 Å². The van der Waals surface area contributed by atoms with Crippen LogP contribution in [0.15, 0.2) is 15.9 Å². The SMILES string of the molecule is CC1(c2ccc(Br)s2)NC(=O)N(COC2CCOCC2)C1=O. The Hall–Kier alpha value is -0.960. The molecular weight excluding hydrogens is 372 g/mol. The molecule has 1 aromatic rings. The van der Waals surface area contributed by atoms with Crippen molar-refractivity contribution in [3.8, 4) is 0 Å². The number of ether oxygens (including phenoxy) is 2. The first kappa shape index (κ1) is 15.9. The van der Waals surface area contributed by atoms with Gasteiger partial charge in [-0.3, -0.25) is 4.79 Å². The van der Waals surface area contributed by atoms with Gasteiger partial charge in [0.2, 0.25) is 0 Å².